The molecule has 0 aliphatic rings. The predicted molar refractivity (Wildman–Crippen MR) is 61.6 cm³/mol. The maximum Gasteiger partial charge on any atom is 0.303 e. The molecule has 2 rings (SSSR count). The molecule has 0 fully saturated rings. The zero-order valence-electron chi connectivity index (χ0n) is 10.2. The van der Waals surface area contributed by atoms with Crippen molar-refractivity contribution < 1.29 is 14.4 Å². The first-order chi connectivity index (χ1) is 8.56. The highest BCUT2D eigenvalue weighted by atomic mass is 16.5. The Labute approximate surface area is 103 Å². The molecule has 7 nitrogen and oxygen atoms in total. The van der Waals surface area contributed by atoms with E-state index in [1.165, 1.54) is 0 Å². The van der Waals surface area contributed by atoms with Crippen LogP contribution in [0.25, 0.3) is 11.6 Å². The number of imidazole rings is 1. The van der Waals surface area contributed by atoms with Crippen molar-refractivity contribution in [2.75, 3.05) is 0 Å². The van der Waals surface area contributed by atoms with Gasteiger partial charge in [0.2, 0.25) is 11.7 Å². The minimum absolute atomic E-state index is 0.0443. The number of carboxylic acid groups (broad SMARTS) is 1. The highest BCUT2D eigenvalue weighted by Crippen LogP contribution is 2.15. The third-order valence-corrected chi connectivity index (χ3v) is 2.54. The second-order valence-corrected chi connectivity index (χ2v) is 4.28. The third kappa shape index (κ3) is 2.73. The Bertz CT molecular complexity index is 546. The largest absolute Gasteiger partial charge is 0.481 e. The van der Waals surface area contributed by atoms with Gasteiger partial charge in [0, 0.05) is 32.3 Å². The summed E-state index contributed by atoms with van der Waals surface area (Å²) in [5, 5.41) is 12.5. The standard InChI is InChI=1S/C11H14N4O3/c1-7(6-9(16)17)5-8-13-10(14-18-8)11-12-3-4-15(11)2/h3-4,7H,5-6H2,1-2H3,(H,16,17). The Kier molecular flexibility index (Phi) is 3.40. The van der Waals surface area contributed by atoms with Crippen LogP contribution in [0.2, 0.25) is 0 Å². The second kappa shape index (κ2) is 4.99. The van der Waals surface area contributed by atoms with Crippen LogP contribution >= 0.6 is 0 Å². The molecule has 96 valence electrons. The SMILES string of the molecule is CC(CC(=O)O)Cc1nc(-c2nccn2C)no1. The number of nitrogens with zero attached hydrogens (tertiary/aromatic N) is 4. The summed E-state index contributed by atoms with van der Waals surface area (Å²) in [6.07, 6.45) is 3.97. The van der Waals surface area contributed by atoms with Crippen molar-refractivity contribution in [1.29, 1.82) is 0 Å². The minimum atomic E-state index is -0.827. The summed E-state index contributed by atoms with van der Waals surface area (Å²) in [5.74, 6) is 0.598. The van der Waals surface area contributed by atoms with Crippen LogP contribution in [0.4, 0.5) is 0 Å². The van der Waals surface area contributed by atoms with Crippen molar-refractivity contribution in [2.45, 2.75) is 19.8 Å². The van der Waals surface area contributed by atoms with Gasteiger partial charge < -0.3 is 14.2 Å². The first-order valence-electron chi connectivity index (χ1n) is 5.58. The minimum Gasteiger partial charge on any atom is -0.481 e. The maximum absolute atomic E-state index is 10.6. The summed E-state index contributed by atoms with van der Waals surface area (Å²) >= 11 is 0. The van der Waals surface area contributed by atoms with Gasteiger partial charge in [-0.1, -0.05) is 12.1 Å². The average molecular weight is 250 g/mol. The molecule has 18 heavy (non-hydrogen) atoms. The lowest BCUT2D eigenvalue weighted by molar-refractivity contribution is -0.137. The van der Waals surface area contributed by atoms with E-state index in [1.807, 2.05) is 14.0 Å². The molecule has 0 aliphatic heterocycles. The number of aromatic nitrogens is 4. The van der Waals surface area contributed by atoms with Gasteiger partial charge in [-0.25, -0.2) is 4.98 Å². The molecule has 2 aromatic rings. The summed E-state index contributed by atoms with van der Waals surface area (Å²) < 4.78 is 6.88. The van der Waals surface area contributed by atoms with E-state index in [0.29, 0.717) is 24.0 Å². The quantitative estimate of drug-likeness (QED) is 0.854. The number of hydrogen-bond donors (Lipinski definition) is 1. The van der Waals surface area contributed by atoms with Gasteiger partial charge in [-0.2, -0.15) is 4.98 Å². The molecule has 1 unspecified atom stereocenters. The molecular formula is C11H14N4O3. The molecule has 7 heteroatoms. The number of carbonyl (C=O) groups is 1. The predicted octanol–water partition coefficient (Wildman–Crippen LogP) is 1.12. The lowest BCUT2D eigenvalue weighted by Gasteiger charge is -2.03. The van der Waals surface area contributed by atoms with Crippen molar-refractivity contribution in [3.8, 4) is 11.6 Å². The summed E-state index contributed by atoms with van der Waals surface area (Å²) in [4.78, 5) is 18.9. The van der Waals surface area contributed by atoms with Crippen molar-refractivity contribution in [2.24, 2.45) is 13.0 Å². The van der Waals surface area contributed by atoms with Crippen molar-refractivity contribution in [1.82, 2.24) is 19.7 Å². The van der Waals surface area contributed by atoms with E-state index >= 15 is 0 Å². The van der Waals surface area contributed by atoms with E-state index in [4.69, 9.17) is 9.63 Å². The van der Waals surface area contributed by atoms with Gasteiger partial charge in [0.25, 0.3) is 0 Å². The van der Waals surface area contributed by atoms with E-state index in [1.54, 1.807) is 17.0 Å². The molecule has 0 spiro atoms. The molecule has 1 atom stereocenters. The van der Waals surface area contributed by atoms with Crippen LogP contribution in [0.15, 0.2) is 16.9 Å². The molecule has 0 saturated heterocycles. The number of rotatable bonds is 5. The summed E-state index contributed by atoms with van der Waals surface area (Å²) in [6.45, 7) is 1.83. The fourth-order valence-corrected chi connectivity index (χ4v) is 1.68. The van der Waals surface area contributed by atoms with E-state index in [2.05, 4.69) is 15.1 Å². The fraction of sp³-hybridized carbons (Fsp3) is 0.455. The van der Waals surface area contributed by atoms with Crippen LogP contribution in [0.1, 0.15) is 19.2 Å². The smallest absolute Gasteiger partial charge is 0.303 e. The molecule has 0 aromatic carbocycles. The Balaban J connectivity index is 2.07. The van der Waals surface area contributed by atoms with Crippen molar-refractivity contribution >= 4 is 5.97 Å². The Morgan fingerprint density at radius 2 is 2.39 bits per heavy atom. The first-order valence-corrected chi connectivity index (χ1v) is 5.58. The van der Waals surface area contributed by atoms with Gasteiger partial charge in [-0.15, -0.1) is 0 Å². The highest BCUT2D eigenvalue weighted by Gasteiger charge is 2.16. The lowest BCUT2D eigenvalue weighted by atomic mass is 10.0. The normalized spacial score (nSPS) is 12.6. The van der Waals surface area contributed by atoms with Crippen LogP contribution in [0.3, 0.4) is 0 Å². The second-order valence-electron chi connectivity index (χ2n) is 4.28. The molecular weight excluding hydrogens is 236 g/mol. The molecule has 0 bridgehead atoms. The van der Waals surface area contributed by atoms with Gasteiger partial charge in [0.1, 0.15) is 0 Å². The summed E-state index contributed by atoms with van der Waals surface area (Å²) in [7, 11) is 1.84. The zero-order valence-corrected chi connectivity index (χ0v) is 10.2. The first kappa shape index (κ1) is 12.3. The molecule has 1 N–H and O–H groups in total. The van der Waals surface area contributed by atoms with Gasteiger partial charge in [0.05, 0.1) is 0 Å². The molecule has 0 amide bonds. The van der Waals surface area contributed by atoms with Crippen molar-refractivity contribution in [3.05, 3.63) is 18.3 Å². The van der Waals surface area contributed by atoms with Crippen LogP contribution in [0, 0.1) is 5.92 Å². The number of aryl methyl sites for hydroxylation is 1. The molecule has 0 radical (unpaired) electrons. The van der Waals surface area contributed by atoms with E-state index in [0.717, 1.165) is 0 Å². The monoisotopic (exact) mass is 250 g/mol. The van der Waals surface area contributed by atoms with Gasteiger partial charge in [-0.3, -0.25) is 4.79 Å². The summed E-state index contributed by atoms with van der Waals surface area (Å²) in [5.41, 5.74) is 0. The Morgan fingerprint density at radius 1 is 1.61 bits per heavy atom. The van der Waals surface area contributed by atoms with Gasteiger partial charge in [0.15, 0.2) is 5.82 Å². The van der Waals surface area contributed by atoms with E-state index < -0.39 is 5.97 Å². The zero-order chi connectivity index (χ0) is 13.1. The maximum atomic E-state index is 10.6. The molecule has 2 aromatic heterocycles. The van der Waals surface area contributed by atoms with Crippen LogP contribution in [-0.4, -0.2) is 30.8 Å². The van der Waals surface area contributed by atoms with Gasteiger partial charge in [-0.05, 0) is 5.92 Å². The van der Waals surface area contributed by atoms with E-state index in [-0.39, 0.29) is 12.3 Å². The van der Waals surface area contributed by atoms with Crippen LogP contribution < -0.4 is 0 Å². The number of aliphatic carboxylic acids is 1. The Morgan fingerprint density at radius 3 is 3.00 bits per heavy atom. The summed E-state index contributed by atoms with van der Waals surface area (Å²) in [6, 6.07) is 0. The fourth-order valence-electron chi connectivity index (χ4n) is 1.68. The molecule has 0 saturated carbocycles. The lowest BCUT2D eigenvalue weighted by Crippen LogP contribution is -2.07. The van der Waals surface area contributed by atoms with Crippen LogP contribution in [0.5, 0.6) is 0 Å². The van der Waals surface area contributed by atoms with Crippen LogP contribution in [-0.2, 0) is 18.3 Å². The third-order valence-electron chi connectivity index (χ3n) is 2.54. The van der Waals surface area contributed by atoms with E-state index in [9.17, 15) is 4.79 Å². The highest BCUT2D eigenvalue weighted by molar-refractivity contribution is 5.66. The molecule has 0 aliphatic carbocycles. The number of carboxylic acids is 1. The number of hydrogen-bond acceptors (Lipinski definition) is 5. The average Bonchev–Trinajstić information content (AvgIpc) is 2.85. The Hall–Kier alpha value is -2.18. The topological polar surface area (TPSA) is 94.0 Å². The molecule has 2 heterocycles. The van der Waals surface area contributed by atoms with Crippen molar-refractivity contribution in [3.63, 3.8) is 0 Å². The van der Waals surface area contributed by atoms with Gasteiger partial charge >= 0.3 is 5.97 Å².